The number of fused-ring (bicyclic) bond motifs is 1. The van der Waals surface area contributed by atoms with Crippen molar-refractivity contribution >= 4 is 23.0 Å². The van der Waals surface area contributed by atoms with E-state index >= 15 is 0 Å². The number of nitrogens with zero attached hydrogens (tertiary/aromatic N) is 1. The molecule has 1 amide bonds. The highest BCUT2D eigenvalue weighted by molar-refractivity contribution is 5.89. The maximum absolute atomic E-state index is 12.9. The first-order chi connectivity index (χ1) is 14.9. The van der Waals surface area contributed by atoms with Crippen LogP contribution in [0.4, 0.5) is 4.79 Å². The molecule has 8 nitrogen and oxygen atoms in total. The number of ether oxygens (including phenoxy) is 3. The molecule has 162 valence electrons. The first-order valence-corrected chi connectivity index (χ1v) is 9.78. The minimum absolute atomic E-state index is 0.0335. The van der Waals surface area contributed by atoms with Crippen LogP contribution < -0.4 is 14.9 Å². The first kappa shape index (κ1) is 21.9. The molecule has 8 heteroatoms. The highest BCUT2D eigenvalue weighted by Crippen LogP contribution is 2.27. The van der Waals surface area contributed by atoms with Crippen LogP contribution in [0.5, 0.6) is 17.2 Å². The van der Waals surface area contributed by atoms with Crippen LogP contribution in [-0.4, -0.2) is 37.2 Å². The van der Waals surface area contributed by atoms with E-state index in [2.05, 4.69) is 4.74 Å². The third kappa shape index (κ3) is 4.69. The minimum atomic E-state index is -0.473. The molecule has 0 saturated carbocycles. The summed E-state index contributed by atoms with van der Waals surface area (Å²) in [7, 11) is 1.30. The quantitative estimate of drug-likeness (QED) is 0.536. The Bertz CT molecular complexity index is 1160. The fraction of sp³-hybridized carbons (Fsp3) is 0.261. The number of hydrogen-bond acceptors (Lipinski definition) is 7. The van der Waals surface area contributed by atoms with E-state index in [0.717, 1.165) is 0 Å². The number of aryl methyl sites for hydroxylation is 1. The van der Waals surface area contributed by atoms with Gasteiger partial charge in [0.25, 0.3) is 0 Å². The maximum atomic E-state index is 12.9. The molecule has 0 bridgehead atoms. The molecule has 0 fully saturated rings. The largest absolute Gasteiger partial charge is 0.465 e. The Morgan fingerprint density at radius 3 is 2.26 bits per heavy atom. The summed E-state index contributed by atoms with van der Waals surface area (Å²) in [6.45, 7) is 6.38. The lowest BCUT2D eigenvalue weighted by atomic mass is 10.2. The zero-order valence-corrected chi connectivity index (χ0v) is 17.8. The molecule has 0 saturated heterocycles. The molecule has 31 heavy (non-hydrogen) atoms. The van der Waals surface area contributed by atoms with Crippen LogP contribution in [-0.2, 0) is 4.74 Å². The number of amides is 1. The number of benzene rings is 2. The van der Waals surface area contributed by atoms with Gasteiger partial charge in [-0.3, -0.25) is 4.79 Å². The van der Waals surface area contributed by atoms with E-state index in [1.54, 1.807) is 19.1 Å². The molecule has 1 heterocycles. The second-order valence-electron chi connectivity index (χ2n) is 6.63. The number of methoxy groups -OCH3 is 1. The molecular weight excluding hydrogens is 402 g/mol. The number of carbonyl (C=O) groups excluding carboxylic acids is 2. The number of hydrogen-bond donors (Lipinski definition) is 0. The van der Waals surface area contributed by atoms with Crippen LogP contribution in [0.15, 0.2) is 51.7 Å². The lowest BCUT2D eigenvalue weighted by Crippen LogP contribution is -2.33. The Kier molecular flexibility index (Phi) is 6.59. The summed E-state index contributed by atoms with van der Waals surface area (Å²) in [4.78, 5) is 38.2. The molecule has 0 unspecified atom stereocenters. The van der Waals surface area contributed by atoms with E-state index in [0.29, 0.717) is 24.4 Å². The van der Waals surface area contributed by atoms with Gasteiger partial charge in [0.1, 0.15) is 22.8 Å². The van der Waals surface area contributed by atoms with E-state index in [4.69, 9.17) is 13.9 Å². The van der Waals surface area contributed by atoms with E-state index in [9.17, 15) is 14.4 Å². The molecule has 0 aliphatic heterocycles. The van der Waals surface area contributed by atoms with Crippen molar-refractivity contribution in [2.24, 2.45) is 0 Å². The maximum Gasteiger partial charge on any atom is 0.415 e. The van der Waals surface area contributed by atoms with Crippen LogP contribution in [0, 0.1) is 6.92 Å². The summed E-state index contributed by atoms with van der Waals surface area (Å²) in [6, 6.07) is 10.8. The standard InChI is InChI=1S/C23H23NO7/c1-5-24(6-2)23(27)31-17-11-12-18-19(13-17)29-14(3)21(20(18)25)30-16-9-7-15(8-10-16)22(26)28-4/h7-13H,5-6H2,1-4H3. The van der Waals surface area contributed by atoms with E-state index in [1.807, 2.05) is 13.8 Å². The molecule has 0 spiro atoms. The highest BCUT2D eigenvalue weighted by Gasteiger charge is 2.17. The van der Waals surface area contributed by atoms with Crippen molar-refractivity contribution in [2.75, 3.05) is 20.2 Å². The molecule has 2 aromatic carbocycles. The molecule has 0 aliphatic rings. The normalized spacial score (nSPS) is 10.6. The van der Waals surface area contributed by atoms with Gasteiger partial charge in [-0.2, -0.15) is 0 Å². The molecule has 3 rings (SSSR count). The van der Waals surface area contributed by atoms with Gasteiger partial charge in [-0.15, -0.1) is 0 Å². The lowest BCUT2D eigenvalue weighted by molar-refractivity contribution is 0.0600. The number of rotatable bonds is 6. The lowest BCUT2D eigenvalue weighted by Gasteiger charge is -2.17. The zero-order chi connectivity index (χ0) is 22.5. The van der Waals surface area contributed by atoms with Crippen LogP contribution in [0.2, 0.25) is 0 Å². The van der Waals surface area contributed by atoms with Gasteiger partial charge in [0.15, 0.2) is 0 Å². The third-order valence-corrected chi connectivity index (χ3v) is 4.71. The Hall–Kier alpha value is -3.81. The van der Waals surface area contributed by atoms with Crippen molar-refractivity contribution in [3.05, 3.63) is 64.0 Å². The van der Waals surface area contributed by atoms with Crippen LogP contribution in [0.1, 0.15) is 30.0 Å². The van der Waals surface area contributed by atoms with Crippen molar-refractivity contribution in [3.8, 4) is 17.2 Å². The third-order valence-electron chi connectivity index (χ3n) is 4.71. The van der Waals surface area contributed by atoms with Gasteiger partial charge < -0.3 is 23.5 Å². The van der Waals surface area contributed by atoms with E-state index in [-0.39, 0.29) is 33.7 Å². The van der Waals surface area contributed by atoms with Crippen LogP contribution in [0.25, 0.3) is 11.0 Å². The average Bonchev–Trinajstić information content (AvgIpc) is 2.77. The van der Waals surface area contributed by atoms with Gasteiger partial charge >= 0.3 is 12.1 Å². The van der Waals surface area contributed by atoms with Crippen LogP contribution >= 0.6 is 0 Å². The van der Waals surface area contributed by atoms with Gasteiger partial charge in [0, 0.05) is 19.2 Å². The molecule has 0 N–H and O–H groups in total. The fourth-order valence-electron chi connectivity index (χ4n) is 2.99. The zero-order valence-electron chi connectivity index (χ0n) is 17.8. The monoisotopic (exact) mass is 425 g/mol. The minimum Gasteiger partial charge on any atom is -0.465 e. The predicted molar refractivity (Wildman–Crippen MR) is 114 cm³/mol. The molecular formula is C23H23NO7. The van der Waals surface area contributed by atoms with Gasteiger partial charge in [-0.1, -0.05) is 0 Å². The number of carbonyl (C=O) groups is 2. The summed E-state index contributed by atoms with van der Waals surface area (Å²) in [5.41, 5.74) is 0.280. The molecule has 0 atom stereocenters. The van der Waals surface area contributed by atoms with Crippen molar-refractivity contribution in [3.63, 3.8) is 0 Å². The summed E-state index contributed by atoms with van der Waals surface area (Å²) < 4.78 is 21.5. The Morgan fingerprint density at radius 2 is 1.65 bits per heavy atom. The second kappa shape index (κ2) is 9.34. The Balaban J connectivity index is 1.88. The second-order valence-corrected chi connectivity index (χ2v) is 6.63. The average molecular weight is 425 g/mol. The summed E-state index contributed by atoms with van der Waals surface area (Å²) in [5.74, 6) is 0.476. The Morgan fingerprint density at radius 1 is 1.00 bits per heavy atom. The topological polar surface area (TPSA) is 95.3 Å². The van der Waals surface area contributed by atoms with Crippen molar-refractivity contribution in [2.45, 2.75) is 20.8 Å². The molecule has 1 aromatic heterocycles. The fourth-order valence-corrected chi connectivity index (χ4v) is 2.99. The van der Waals surface area contributed by atoms with Gasteiger partial charge in [-0.25, -0.2) is 9.59 Å². The van der Waals surface area contributed by atoms with E-state index < -0.39 is 12.1 Å². The van der Waals surface area contributed by atoms with Crippen molar-refractivity contribution < 1.29 is 28.2 Å². The SMILES string of the molecule is CCN(CC)C(=O)Oc1ccc2c(=O)c(Oc3ccc(C(=O)OC)cc3)c(C)oc2c1. The highest BCUT2D eigenvalue weighted by atomic mass is 16.6. The smallest absolute Gasteiger partial charge is 0.415 e. The molecule has 0 radical (unpaired) electrons. The molecule has 3 aromatic rings. The first-order valence-electron chi connectivity index (χ1n) is 9.78. The van der Waals surface area contributed by atoms with Gasteiger partial charge in [0.05, 0.1) is 18.1 Å². The van der Waals surface area contributed by atoms with Crippen LogP contribution in [0.3, 0.4) is 0 Å². The van der Waals surface area contributed by atoms with E-state index in [1.165, 1.54) is 42.3 Å². The van der Waals surface area contributed by atoms with Gasteiger partial charge in [0.2, 0.25) is 11.2 Å². The predicted octanol–water partition coefficient (Wildman–Crippen LogP) is 4.52. The van der Waals surface area contributed by atoms with Crippen molar-refractivity contribution in [1.82, 2.24) is 4.90 Å². The summed E-state index contributed by atoms with van der Waals surface area (Å²) in [5, 5.41) is 0.286. The summed E-state index contributed by atoms with van der Waals surface area (Å²) >= 11 is 0. The van der Waals surface area contributed by atoms with Crippen molar-refractivity contribution in [1.29, 1.82) is 0 Å². The Labute approximate surface area is 178 Å². The molecule has 0 aliphatic carbocycles. The number of esters is 1. The van der Waals surface area contributed by atoms with Gasteiger partial charge in [-0.05, 0) is 57.2 Å². The summed E-state index contributed by atoms with van der Waals surface area (Å²) in [6.07, 6.45) is -0.473.